The zero-order chi connectivity index (χ0) is 13.2. The monoisotopic (exact) mass is 263 g/mol. The molecule has 2 atom stereocenters. The van der Waals surface area contributed by atoms with E-state index in [1.165, 1.54) is 25.7 Å². The molecule has 1 aromatic carbocycles. The fraction of sp³-hybridized carbons (Fsp3) is 0.600. The third kappa shape index (κ3) is 2.61. The quantitative estimate of drug-likeness (QED) is 0.876. The molecule has 2 unspecified atom stereocenters. The van der Waals surface area contributed by atoms with Crippen LogP contribution in [0.3, 0.4) is 0 Å². The van der Waals surface area contributed by atoms with Gasteiger partial charge < -0.3 is 14.9 Å². The minimum Gasteiger partial charge on any atom is -0.508 e. The van der Waals surface area contributed by atoms with Crippen LogP contribution < -0.4 is 0 Å². The van der Waals surface area contributed by atoms with Gasteiger partial charge in [-0.25, -0.2) is 0 Å². The number of ether oxygens (including phenoxy) is 1. The van der Waals surface area contributed by atoms with Crippen molar-refractivity contribution in [3.63, 3.8) is 0 Å². The molecule has 104 valence electrons. The lowest BCUT2D eigenvalue weighted by Crippen LogP contribution is -2.34. The van der Waals surface area contributed by atoms with Crippen molar-refractivity contribution in [1.82, 2.24) is 4.90 Å². The van der Waals surface area contributed by atoms with Crippen molar-refractivity contribution in [3.05, 3.63) is 29.8 Å². The third-order valence-electron chi connectivity index (χ3n) is 4.21. The van der Waals surface area contributed by atoms with Crippen molar-refractivity contribution >= 4 is 0 Å². The third-order valence-corrected chi connectivity index (χ3v) is 4.21. The summed E-state index contributed by atoms with van der Waals surface area (Å²) in [6.07, 6.45) is 4.83. The van der Waals surface area contributed by atoms with Crippen LogP contribution in [0.25, 0.3) is 0 Å². The molecule has 1 saturated heterocycles. The molecule has 0 bridgehead atoms. The summed E-state index contributed by atoms with van der Waals surface area (Å²) >= 11 is 0. The molecule has 0 aromatic heterocycles. The summed E-state index contributed by atoms with van der Waals surface area (Å²) in [4.78, 5) is 2.38. The van der Waals surface area contributed by atoms with Gasteiger partial charge in [-0.3, -0.25) is 4.90 Å². The van der Waals surface area contributed by atoms with Crippen molar-refractivity contribution in [2.45, 2.75) is 44.1 Å². The number of hydrogen-bond donors (Lipinski definition) is 2. The number of aliphatic hydroxyl groups excluding tert-OH is 1. The molecule has 0 amide bonds. The Morgan fingerprint density at radius 1 is 1.16 bits per heavy atom. The standard InChI is InChI=1S/C15H21NO3/c17-10-14-9-16(12-3-1-2-4-12)15(19-14)11-5-7-13(18)8-6-11/h5-8,12,14-15,17-18H,1-4,9-10H2. The van der Waals surface area contributed by atoms with Crippen LogP contribution in [0.4, 0.5) is 0 Å². The fourth-order valence-corrected chi connectivity index (χ4v) is 3.22. The average Bonchev–Trinajstić information content (AvgIpc) is 3.08. The summed E-state index contributed by atoms with van der Waals surface area (Å²) in [7, 11) is 0. The number of nitrogens with zero attached hydrogens (tertiary/aromatic N) is 1. The van der Waals surface area contributed by atoms with Gasteiger partial charge in [-0.2, -0.15) is 0 Å². The summed E-state index contributed by atoms with van der Waals surface area (Å²) in [5.41, 5.74) is 1.06. The van der Waals surface area contributed by atoms with E-state index in [0.717, 1.165) is 12.1 Å². The molecule has 4 nitrogen and oxygen atoms in total. The Morgan fingerprint density at radius 3 is 2.47 bits per heavy atom. The Balaban J connectivity index is 1.81. The van der Waals surface area contributed by atoms with E-state index in [-0.39, 0.29) is 24.7 Å². The van der Waals surface area contributed by atoms with Crippen molar-refractivity contribution in [3.8, 4) is 5.75 Å². The molecule has 2 fully saturated rings. The van der Waals surface area contributed by atoms with Gasteiger partial charge in [-0.05, 0) is 30.5 Å². The summed E-state index contributed by atoms with van der Waals surface area (Å²) < 4.78 is 5.96. The van der Waals surface area contributed by atoms with Crippen LogP contribution in [0.5, 0.6) is 5.75 Å². The first-order valence-electron chi connectivity index (χ1n) is 7.09. The van der Waals surface area contributed by atoms with Gasteiger partial charge >= 0.3 is 0 Å². The first kappa shape index (κ1) is 12.9. The van der Waals surface area contributed by atoms with Gasteiger partial charge in [0.05, 0.1) is 12.7 Å². The van der Waals surface area contributed by atoms with Crippen LogP contribution in [0, 0.1) is 0 Å². The molecule has 4 heteroatoms. The molecule has 2 N–H and O–H groups in total. The van der Waals surface area contributed by atoms with Crippen molar-refractivity contribution in [2.24, 2.45) is 0 Å². The zero-order valence-corrected chi connectivity index (χ0v) is 11.0. The predicted octanol–water partition coefficient (Wildman–Crippen LogP) is 2.03. The number of phenolic OH excluding ortho intramolecular Hbond substituents is 1. The molecule has 1 aromatic rings. The maximum atomic E-state index is 9.38. The smallest absolute Gasteiger partial charge is 0.137 e. The highest BCUT2D eigenvalue weighted by Crippen LogP contribution is 2.37. The highest BCUT2D eigenvalue weighted by Gasteiger charge is 2.38. The minimum absolute atomic E-state index is 0.0673. The van der Waals surface area contributed by atoms with E-state index in [9.17, 15) is 10.2 Å². The van der Waals surface area contributed by atoms with E-state index in [1.807, 2.05) is 12.1 Å². The lowest BCUT2D eigenvalue weighted by molar-refractivity contribution is -0.0296. The topological polar surface area (TPSA) is 52.9 Å². The van der Waals surface area contributed by atoms with Gasteiger partial charge in [0.15, 0.2) is 0 Å². The maximum absolute atomic E-state index is 9.38. The van der Waals surface area contributed by atoms with E-state index in [1.54, 1.807) is 12.1 Å². The van der Waals surface area contributed by atoms with Gasteiger partial charge in [-0.1, -0.05) is 25.0 Å². The van der Waals surface area contributed by atoms with Crippen LogP contribution in [0.15, 0.2) is 24.3 Å². The van der Waals surface area contributed by atoms with E-state index in [4.69, 9.17) is 4.74 Å². The summed E-state index contributed by atoms with van der Waals surface area (Å²) in [6.45, 7) is 0.866. The lowest BCUT2D eigenvalue weighted by atomic mass is 10.1. The summed E-state index contributed by atoms with van der Waals surface area (Å²) in [6, 6.07) is 7.76. The number of benzene rings is 1. The molecule has 19 heavy (non-hydrogen) atoms. The molecule has 1 heterocycles. The number of aromatic hydroxyl groups is 1. The number of hydrogen-bond acceptors (Lipinski definition) is 4. The molecule has 3 rings (SSSR count). The first-order chi connectivity index (χ1) is 9.28. The van der Waals surface area contributed by atoms with Gasteiger partial charge in [0.25, 0.3) is 0 Å². The van der Waals surface area contributed by atoms with E-state index < -0.39 is 0 Å². The SMILES string of the molecule is OCC1CN(C2CCCC2)C(c2ccc(O)cc2)O1. The van der Waals surface area contributed by atoms with Crippen molar-refractivity contribution < 1.29 is 14.9 Å². The lowest BCUT2D eigenvalue weighted by Gasteiger charge is -2.28. The molecular formula is C15H21NO3. The van der Waals surface area contributed by atoms with Gasteiger partial charge in [-0.15, -0.1) is 0 Å². The first-order valence-corrected chi connectivity index (χ1v) is 7.09. The maximum Gasteiger partial charge on any atom is 0.137 e. The van der Waals surface area contributed by atoms with Crippen LogP contribution in [-0.4, -0.2) is 40.4 Å². The predicted molar refractivity (Wildman–Crippen MR) is 71.8 cm³/mol. The molecule has 2 aliphatic rings. The van der Waals surface area contributed by atoms with Gasteiger partial charge in [0.1, 0.15) is 12.0 Å². The minimum atomic E-state index is -0.0978. The Kier molecular flexibility index (Phi) is 3.73. The Morgan fingerprint density at radius 2 is 1.84 bits per heavy atom. The highest BCUT2D eigenvalue weighted by atomic mass is 16.5. The second kappa shape index (κ2) is 5.49. The van der Waals surface area contributed by atoms with Crippen LogP contribution >= 0.6 is 0 Å². The average molecular weight is 263 g/mol. The second-order valence-corrected chi connectivity index (χ2v) is 5.52. The molecule has 1 aliphatic carbocycles. The van der Waals surface area contributed by atoms with Crippen LogP contribution in [0.2, 0.25) is 0 Å². The Hall–Kier alpha value is -1.10. The van der Waals surface area contributed by atoms with Gasteiger partial charge in [0.2, 0.25) is 0 Å². The van der Waals surface area contributed by atoms with Gasteiger partial charge in [0, 0.05) is 12.6 Å². The molecular weight excluding hydrogens is 242 g/mol. The Bertz CT molecular complexity index is 414. The number of aliphatic hydroxyl groups is 1. The number of phenols is 1. The van der Waals surface area contributed by atoms with E-state index in [0.29, 0.717) is 6.04 Å². The largest absolute Gasteiger partial charge is 0.508 e. The molecule has 0 spiro atoms. The summed E-state index contributed by atoms with van der Waals surface area (Å²) in [5.74, 6) is 0.271. The highest BCUT2D eigenvalue weighted by molar-refractivity contribution is 5.27. The van der Waals surface area contributed by atoms with Crippen LogP contribution in [-0.2, 0) is 4.74 Å². The second-order valence-electron chi connectivity index (χ2n) is 5.52. The number of rotatable bonds is 3. The van der Waals surface area contributed by atoms with Crippen molar-refractivity contribution in [2.75, 3.05) is 13.2 Å². The fourth-order valence-electron chi connectivity index (χ4n) is 3.22. The van der Waals surface area contributed by atoms with E-state index in [2.05, 4.69) is 4.90 Å². The molecule has 0 radical (unpaired) electrons. The Labute approximate surface area is 113 Å². The summed E-state index contributed by atoms with van der Waals surface area (Å²) in [5, 5.41) is 18.7. The van der Waals surface area contributed by atoms with E-state index >= 15 is 0 Å². The van der Waals surface area contributed by atoms with Crippen LogP contribution in [0.1, 0.15) is 37.5 Å². The zero-order valence-electron chi connectivity index (χ0n) is 11.0. The normalized spacial score (nSPS) is 29.1. The molecule has 1 saturated carbocycles. The van der Waals surface area contributed by atoms with Crippen molar-refractivity contribution in [1.29, 1.82) is 0 Å². The molecule has 1 aliphatic heterocycles.